The smallest absolute Gasteiger partial charge is 0.378 e. The first kappa shape index (κ1) is 25.4. The molecule has 2 aliphatic rings. The lowest BCUT2D eigenvalue weighted by Crippen LogP contribution is -2.52. The van der Waals surface area contributed by atoms with Crippen molar-refractivity contribution in [2.45, 2.75) is 44.2 Å². The molecule has 1 N–H and O–H groups in total. The quantitative estimate of drug-likeness (QED) is 0.570. The number of fused-ring (bicyclic) bond motifs is 1. The highest BCUT2D eigenvalue weighted by molar-refractivity contribution is 5.89. The summed E-state index contributed by atoms with van der Waals surface area (Å²) in [5.41, 5.74) is -1.86. The summed E-state index contributed by atoms with van der Waals surface area (Å²) in [6.07, 6.45) is -6.21. The van der Waals surface area contributed by atoms with Gasteiger partial charge in [-0.05, 0) is 56.1 Å². The van der Waals surface area contributed by atoms with Crippen molar-refractivity contribution in [3.05, 3.63) is 58.9 Å². The van der Waals surface area contributed by atoms with Gasteiger partial charge in [-0.25, -0.2) is 0 Å². The third kappa shape index (κ3) is 5.95. The normalized spacial score (nSPS) is 20.5. The molecule has 2 atom stereocenters. The molecule has 3 heterocycles. The van der Waals surface area contributed by atoms with E-state index in [9.17, 15) is 31.1 Å². The zero-order valence-electron chi connectivity index (χ0n) is 19.1. The lowest BCUT2D eigenvalue weighted by molar-refractivity contribution is -0.143. The van der Waals surface area contributed by atoms with Crippen LogP contribution in [0.15, 0.2) is 36.5 Å². The molecule has 11 heteroatoms. The van der Waals surface area contributed by atoms with Gasteiger partial charge in [-0.1, -0.05) is 6.07 Å². The highest BCUT2D eigenvalue weighted by Gasteiger charge is 2.38. The van der Waals surface area contributed by atoms with Crippen LogP contribution in [0.1, 0.15) is 41.3 Å². The summed E-state index contributed by atoms with van der Waals surface area (Å²) in [6, 6.07) is 4.42. The standard InChI is InChI=1S/C24H26F6N4O/c1-15-4-5-16(12-31-15)22(34-8-7-33-6-2-3-20(33)14-34)21(35)13-32-19-10-17(23(25,26)27)9-18(11-19)24(28,29)30/h4-5,9-12,20,22,32H,2-3,6-8,13-14H2,1H3/t20-,22?/m1/s1. The molecule has 0 spiro atoms. The number of nitrogens with one attached hydrogen (secondary N) is 1. The number of anilines is 1. The van der Waals surface area contributed by atoms with E-state index in [1.54, 1.807) is 18.3 Å². The lowest BCUT2D eigenvalue weighted by Gasteiger charge is -2.41. The van der Waals surface area contributed by atoms with Gasteiger partial charge in [0.1, 0.15) is 0 Å². The summed E-state index contributed by atoms with van der Waals surface area (Å²) in [7, 11) is 0. The number of piperazine rings is 1. The Bertz CT molecular complexity index is 1020. The molecule has 190 valence electrons. The van der Waals surface area contributed by atoms with E-state index in [1.807, 2.05) is 11.8 Å². The number of aromatic nitrogens is 1. The van der Waals surface area contributed by atoms with Crippen molar-refractivity contribution >= 4 is 11.5 Å². The van der Waals surface area contributed by atoms with E-state index in [2.05, 4.69) is 15.2 Å². The Morgan fingerprint density at radius 1 is 1.06 bits per heavy atom. The maximum atomic E-state index is 13.4. The summed E-state index contributed by atoms with van der Waals surface area (Å²) < 4.78 is 79.1. The van der Waals surface area contributed by atoms with Gasteiger partial charge < -0.3 is 5.32 Å². The van der Waals surface area contributed by atoms with Gasteiger partial charge in [-0.2, -0.15) is 26.3 Å². The Kier molecular flexibility index (Phi) is 7.10. The molecular formula is C24H26F6N4O. The van der Waals surface area contributed by atoms with Crippen LogP contribution in [0.4, 0.5) is 32.0 Å². The van der Waals surface area contributed by atoms with Crippen molar-refractivity contribution in [3.8, 4) is 0 Å². The number of alkyl halides is 6. The summed E-state index contributed by atoms with van der Waals surface area (Å²) in [4.78, 5) is 22.1. The second-order valence-electron chi connectivity index (χ2n) is 9.08. The van der Waals surface area contributed by atoms with Crippen molar-refractivity contribution in [2.75, 3.05) is 38.0 Å². The third-order valence-corrected chi connectivity index (χ3v) is 6.59. The number of benzene rings is 1. The molecule has 1 unspecified atom stereocenters. The summed E-state index contributed by atoms with van der Waals surface area (Å²) in [6.45, 7) is 4.48. The molecule has 0 radical (unpaired) electrons. The molecule has 2 fully saturated rings. The topological polar surface area (TPSA) is 48.5 Å². The van der Waals surface area contributed by atoms with Crippen LogP contribution in [-0.4, -0.2) is 59.3 Å². The molecule has 0 saturated carbocycles. The number of aryl methyl sites for hydroxylation is 1. The number of hydrogen-bond donors (Lipinski definition) is 1. The van der Waals surface area contributed by atoms with Crippen LogP contribution in [0.25, 0.3) is 0 Å². The molecule has 1 aromatic heterocycles. The number of pyridine rings is 1. The number of carbonyl (C=O) groups is 1. The van der Waals surface area contributed by atoms with E-state index >= 15 is 0 Å². The number of hydrogen-bond acceptors (Lipinski definition) is 5. The monoisotopic (exact) mass is 500 g/mol. The summed E-state index contributed by atoms with van der Waals surface area (Å²) in [5.74, 6) is -0.354. The minimum absolute atomic E-state index is 0.0643. The zero-order valence-corrected chi connectivity index (χ0v) is 19.1. The fourth-order valence-electron chi connectivity index (χ4n) is 4.83. The van der Waals surface area contributed by atoms with Gasteiger partial charge in [-0.3, -0.25) is 19.6 Å². The number of ketones is 1. The van der Waals surface area contributed by atoms with Crippen molar-refractivity contribution in [3.63, 3.8) is 0 Å². The fraction of sp³-hybridized carbons (Fsp3) is 0.500. The molecule has 0 bridgehead atoms. The maximum Gasteiger partial charge on any atom is 0.416 e. The van der Waals surface area contributed by atoms with Crippen LogP contribution >= 0.6 is 0 Å². The Hall–Kier alpha value is -2.66. The molecule has 35 heavy (non-hydrogen) atoms. The third-order valence-electron chi connectivity index (χ3n) is 6.59. The Morgan fingerprint density at radius 3 is 2.34 bits per heavy atom. The van der Waals surface area contributed by atoms with Gasteiger partial charge in [-0.15, -0.1) is 0 Å². The van der Waals surface area contributed by atoms with Crippen LogP contribution in [0.3, 0.4) is 0 Å². The average Bonchev–Trinajstić information content (AvgIpc) is 3.26. The Balaban J connectivity index is 1.57. The minimum Gasteiger partial charge on any atom is -0.378 e. The maximum absolute atomic E-state index is 13.4. The van der Waals surface area contributed by atoms with E-state index < -0.39 is 41.8 Å². The van der Waals surface area contributed by atoms with Crippen molar-refractivity contribution in [2.24, 2.45) is 0 Å². The van der Waals surface area contributed by atoms with E-state index in [0.29, 0.717) is 36.8 Å². The number of halogens is 6. The van der Waals surface area contributed by atoms with Gasteiger partial charge in [0.05, 0.1) is 23.7 Å². The summed E-state index contributed by atoms with van der Waals surface area (Å²) in [5, 5.41) is 2.51. The highest BCUT2D eigenvalue weighted by atomic mass is 19.4. The van der Waals surface area contributed by atoms with Crippen LogP contribution in [0, 0.1) is 6.92 Å². The van der Waals surface area contributed by atoms with Crippen LogP contribution < -0.4 is 5.32 Å². The number of rotatable bonds is 6. The molecular weight excluding hydrogens is 474 g/mol. The van der Waals surface area contributed by atoms with Gasteiger partial charge in [0.25, 0.3) is 0 Å². The van der Waals surface area contributed by atoms with E-state index in [4.69, 9.17) is 0 Å². The minimum atomic E-state index is -4.96. The molecule has 2 aromatic rings. The average molecular weight is 500 g/mol. The van der Waals surface area contributed by atoms with Crippen molar-refractivity contribution in [1.29, 1.82) is 0 Å². The van der Waals surface area contributed by atoms with E-state index in [-0.39, 0.29) is 11.8 Å². The van der Waals surface area contributed by atoms with Gasteiger partial charge in [0.15, 0.2) is 5.78 Å². The molecule has 2 saturated heterocycles. The van der Waals surface area contributed by atoms with Gasteiger partial charge in [0.2, 0.25) is 0 Å². The first-order valence-electron chi connectivity index (χ1n) is 11.4. The van der Waals surface area contributed by atoms with Gasteiger partial charge >= 0.3 is 12.4 Å². The molecule has 4 rings (SSSR count). The molecule has 2 aliphatic heterocycles. The predicted octanol–water partition coefficient (Wildman–Crippen LogP) is 4.93. The molecule has 0 amide bonds. The second kappa shape index (κ2) is 9.77. The van der Waals surface area contributed by atoms with Crippen molar-refractivity contribution in [1.82, 2.24) is 14.8 Å². The SMILES string of the molecule is Cc1ccc(C(C(=O)CNc2cc(C(F)(F)F)cc(C(F)(F)F)c2)N2CCN3CCC[C@@H]3C2)cn1. The number of Topliss-reactive ketones (excluding diaryl/α,β-unsaturated/α-hetero) is 1. The highest BCUT2D eigenvalue weighted by Crippen LogP contribution is 2.37. The second-order valence-corrected chi connectivity index (χ2v) is 9.08. The van der Waals surface area contributed by atoms with E-state index in [1.165, 1.54) is 0 Å². The Labute approximate surface area is 199 Å². The number of carbonyl (C=O) groups excluding carboxylic acids is 1. The predicted molar refractivity (Wildman–Crippen MR) is 118 cm³/mol. The first-order chi connectivity index (χ1) is 16.4. The first-order valence-corrected chi connectivity index (χ1v) is 11.4. The lowest BCUT2D eigenvalue weighted by atomic mass is 9.99. The van der Waals surface area contributed by atoms with Crippen LogP contribution in [0.5, 0.6) is 0 Å². The van der Waals surface area contributed by atoms with Crippen LogP contribution in [0.2, 0.25) is 0 Å². The van der Waals surface area contributed by atoms with E-state index in [0.717, 1.165) is 31.6 Å². The van der Waals surface area contributed by atoms with Gasteiger partial charge in [0, 0.05) is 43.3 Å². The molecule has 1 aromatic carbocycles. The largest absolute Gasteiger partial charge is 0.416 e. The summed E-state index contributed by atoms with van der Waals surface area (Å²) >= 11 is 0. The van der Waals surface area contributed by atoms with Crippen molar-refractivity contribution < 1.29 is 31.1 Å². The van der Waals surface area contributed by atoms with Crippen LogP contribution in [-0.2, 0) is 17.1 Å². The molecule has 0 aliphatic carbocycles. The molecule has 5 nitrogen and oxygen atoms in total. The zero-order chi connectivity index (χ0) is 25.4. The fourth-order valence-corrected chi connectivity index (χ4v) is 4.83. The Morgan fingerprint density at radius 2 is 1.74 bits per heavy atom. The number of nitrogens with zero attached hydrogens (tertiary/aromatic N) is 3.